The fraction of sp³-hybridized carbons (Fsp3) is 0.286. The molecule has 8 heteroatoms. The third-order valence-electron chi connectivity index (χ3n) is 3.73. The summed E-state index contributed by atoms with van der Waals surface area (Å²) in [5.41, 5.74) is 1.21. The van der Waals surface area contributed by atoms with E-state index in [1.807, 2.05) is 6.92 Å². The van der Waals surface area contributed by atoms with Crippen LogP contribution in [-0.4, -0.2) is 31.0 Å². The van der Waals surface area contributed by atoms with Crippen molar-refractivity contribution in [2.75, 3.05) is 23.8 Å². The minimum absolute atomic E-state index is 0.0466. The molecular formula is C21H23ClN2O5. The molecule has 0 aromatic heterocycles. The molecule has 0 unspecified atom stereocenters. The molecule has 29 heavy (non-hydrogen) atoms. The standard InChI is InChI=1S/C21H23ClN2O5/c1-2-28-18-12-10-17(11-13-18)23-19(25)4-3-5-21(27)29-14-20(26)24-16-8-6-15(22)7-9-16/h6-13H,2-5,14H2,1H3,(H,23,25)(H,24,26). The normalized spacial score (nSPS) is 10.1. The summed E-state index contributed by atoms with van der Waals surface area (Å²) in [6, 6.07) is 13.6. The molecule has 0 aliphatic carbocycles. The predicted molar refractivity (Wildman–Crippen MR) is 111 cm³/mol. The van der Waals surface area contributed by atoms with Gasteiger partial charge in [-0.15, -0.1) is 0 Å². The molecule has 0 radical (unpaired) electrons. The van der Waals surface area contributed by atoms with Crippen molar-refractivity contribution in [3.63, 3.8) is 0 Å². The Morgan fingerprint density at radius 2 is 1.45 bits per heavy atom. The van der Waals surface area contributed by atoms with E-state index in [2.05, 4.69) is 10.6 Å². The summed E-state index contributed by atoms with van der Waals surface area (Å²) in [6.07, 6.45) is 0.532. The van der Waals surface area contributed by atoms with Crippen LogP contribution in [0.1, 0.15) is 26.2 Å². The molecule has 0 bridgehead atoms. The summed E-state index contributed by atoms with van der Waals surface area (Å²) in [7, 11) is 0. The highest BCUT2D eigenvalue weighted by Crippen LogP contribution is 2.16. The number of amides is 2. The first kappa shape index (κ1) is 22.2. The maximum absolute atomic E-state index is 11.9. The Morgan fingerprint density at radius 1 is 0.862 bits per heavy atom. The highest BCUT2D eigenvalue weighted by atomic mass is 35.5. The van der Waals surface area contributed by atoms with Crippen molar-refractivity contribution in [1.29, 1.82) is 0 Å². The topological polar surface area (TPSA) is 93.7 Å². The minimum Gasteiger partial charge on any atom is -0.494 e. The summed E-state index contributed by atoms with van der Waals surface area (Å²) in [5.74, 6) is -0.463. The van der Waals surface area contributed by atoms with Crippen molar-refractivity contribution >= 4 is 40.8 Å². The number of benzene rings is 2. The average Bonchev–Trinajstić information content (AvgIpc) is 2.70. The molecule has 0 aliphatic heterocycles. The lowest BCUT2D eigenvalue weighted by molar-refractivity contribution is -0.147. The first-order valence-electron chi connectivity index (χ1n) is 9.20. The number of ether oxygens (including phenoxy) is 2. The second kappa shape index (κ2) is 11.7. The van der Waals surface area contributed by atoms with Crippen molar-refractivity contribution in [3.8, 4) is 5.75 Å². The van der Waals surface area contributed by atoms with Gasteiger partial charge in [0, 0.05) is 29.2 Å². The van der Waals surface area contributed by atoms with Crippen LogP contribution in [0.4, 0.5) is 11.4 Å². The summed E-state index contributed by atoms with van der Waals surface area (Å²) in [6.45, 7) is 2.08. The van der Waals surface area contributed by atoms with Crippen LogP contribution in [0, 0.1) is 0 Å². The first-order chi connectivity index (χ1) is 14.0. The van der Waals surface area contributed by atoms with Crippen LogP contribution in [0.3, 0.4) is 0 Å². The maximum Gasteiger partial charge on any atom is 0.306 e. The van der Waals surface area contributed by atoms with Crippen LogP contribution in [0.2, 0.25) is 5.02 Å². The van der Waals surface area contributed by atoms with Crippen molar-refractivity contribution in [1.82, 2.24) is 0 Å². The van der Waals surface area contributed by atoms with E-state index >= 15 is 0 Å². The number of carbonyl (C=O) groups excluding carboxylic acids is 3. The molecule has 0 saturated heterocycles. The lowest BCUT2D eigenvalue weighted by atomic mass is 10.2. The van der Waals surface area contributed by atoms with Gasteiger partial charge in [-0.05, 0) is 61.9 Å². The van der Waals surface area contributed by atoms with Gasteiger partial charge in [0.2, 0.25) is 5.91 Å². The van der Waals surface area contributed by atoms with Crippen LogP contribution in [0.5, 0.6) is 5.75 Å². The SMILES string of the molecule is CCOc1ccc(NC(=O)CCCC(=O)OCC(=O)Nc2ccc(Cl)cc2)cc1. The number of esters is 1. The summed E-state index contributed by atoms with van der Waals surface area (Å²) >= 11 is 5.77. The quantitative estimate of drug-likeness (QED) is 0.568. The zero-order valence-electron chi connectivity index (χ0n) is 16.1. The van der Waals surface area contributed by atoms with Gasteiger partial charge >= 0.3 is 5.97 Å². The van der Waals surface area contributed by atoms with E-state index in [4.69, 9.17) is 21.1 Å². The van der Waals surface area contributed by atoms with Gasteiger partial charge in [-0.25, -0.2) is 0 Å². The Hall–Kier alpha value is -3.06. The second-order valence-electron chi connectivity index (χ2n) is 6.07. The molecule has 154 valence electrons. The highest BCUT2D eigenvalue weighted by molar-refractivity contribution is 6.30. The number of hydrogen-bond acceptors (Lipinski definition) is 5. The predicted octanol–water partition coefficient (Wildman–Crippen LogP) is 4.03. The van der Waals surface area contributed by atoms with Crippen LogP contribution >= 0.6 is 11.6 Å². The minimum atomic E-state index is -0.537. The van der Waals surface area contributed by atoms with Gasteiger partial charge in [0.1, 0.15) is 5.75 Å². The smallest absolute Gasteiger partial charge is 0.306 e. The molecule has 0 spiro atoms. The van der Waals surface area contributed by atoms with Gasteiger partial charge in [0.05, 0.1) is 6.61 Å². The molecule has 7 nitrogen and oxygen atoms in total. The molecule has 0 fully saturated rings. The number of anilines is 2. The molecule has 0 heterocycles. The van der Waals surface area contributed by atoms with Crippen molar-refractivity contribution in [3.05, 3.63) is 53.6 Å². The third kappa shape index (κ3) is 8.66. The van der Waals surface area contributed by atoms with Crippen molar-refractivity contribution in [2.45, 2.75) is 26.2 Å². The number of carbonyl (C=O) groups is 3. The number of halogens is 1. The largest absolute Gasteiger partial charge is 0.494 e. The van der Waals surface area contributed by atoms with E-state index in [9.17, 15) is 14.4 Å². The number of nitrogens with one attached hydrogen (secondary N) is 2. The number of rotatable bonds is 10. The molecule has 2 aromatic rings. The number of hydrogen-bond donors (Lipinski definition) is 2. The van der Waals surface area contributed by atoms with Crippen molar-refractivity contribution < 1.29 is 23.9 Å². The molecular weight excluding hydrogens is 396 g/mol. The van der Waals surface area contributed by atoms with Crippen LogP contribution in [0.25, 0.3) is 0 Å². The Labute approximate surface area is 174 Å². The van der Waals surface area contributed by atoms with E-state index < -0.39 is 11.9 Å². The lowest BCUT2D eigenvalue weighted by Crippen LogP contribution is -2.21. The van der Waals surface area contributed by atoms with Crippen LogP contribution in [-0.2, 0) is 19.1 Å². The van der Waals surface area contributed by atoms with Gasteiger partial charge < -0.3 is 20.1 Å². The zero-order chi connectivity index (χ0) is 21.1. The fourth-order valence-corrected chi connectivity index (χ4v) is 2.49. The van der Waals surface area contributed by atoms with E-state index in [1.165, 1.54) is 0 Å². The van der Waals surface area contributed by atoms with E-state index in [0.29, 0.717) is 29.4 Å². The average molecular weight is 419 g/mol. The Kier molecular flexibility index (Phi) is 8.98. The molecule has 0 atom stereocenters. The van der Waals surface area contributed by atoms with Crippen molar-refractivity contribution in [2.24, 2.45) is 0 Å². The monoisotopic (exact) mass is 418 g/mol. The molecule has 2 amide bonds. The zero-order valence-corrected chi connectivity index (χ0v) is 16.8. The first-order valence-corrected chi connectivity index (χ1v) is 9.58. The van der Waals surface area contributed by atoms with E-state index in [0.717, 1.165) is 5.75 Å². The van der Waals surface area contributed by atoms with Gasteiger partial charge in [-0.2, -0.15) is 0 Å². The van der Waals surface area contributed by atoms with E-state index in [-0.39, 0.29) is 25.4 Å². The van der Waals surface area contributed by atoms with Gasteiger partial charge in [-0.1, -0.05) is 11.6 Å². The Morgan fingerprint density at radius 3 is 2.07 bits per heavy atom. The lowest BCUT2D eigenvalue weighted by Gasteiger charge is -2.08. The molecule has 2 N–H and O–H groups in total. The summed E-state index contributed by atoms with van der Waals surface area (Å²) < 4.78 is 10.3. The fourth-order valence-electron chi connectivity index (χ4n) is 2.37. The molecule has 0 saturated carbocycles. The molecule has 0 aliphatic rings. The van der Waals surface area contributed by atoms with Gasteiger partial charge in [-0.3, -0.25) is 14.4 Å². The molecule has 2 aromatic carbocycles. The van der Waals surface area contributed by atoms with Crippen LogP contribution < -0.4 is 15.4 Å². The van der Waals surface area contributed by atoms with Gasteiger partial charge in [0.15, 0.2) is 6.61 Å². The Balaban J connectivity index is 1.61. The maximum atomic E-state index is 11.9. The summed E-state index contributed by atoms with van der Waals surface area (Å²) in [5, 5.41) is 5.89. The highest BCUT2D eigenvalue weighted by Gasteiger charge is 2.10. The summed E-state index contributed by atoms with van der Waals surface area (Å²) in [4.78, 5) is 35.4. The third-order valence-corrected chi connectivity index (χ3v) is 3.98. The Bertz CT molecular complexity index is 822. The molecule has 2 rings (SSSR count). The second-order valence-corrected chi connectivity index (χ2v) is 6.51. The van der Waals surface area contributed by atoms with E-state index in [1.54, 1.807) is 48.5 Å². The van der Waals surface area contributed by atoms with Crippen LogP contribution in [0.15, 0.2) is 48.5 Å². The van der Waals surface area contributed by atoms with Gasteiger partial charge in [0.25, 0.3) is 5.91 Å².